The number of carboxylic acids is 1. The van der Waals surface area contributed by atoms with Crippen molar-refractivity contribution in [3.05, 3.63) is 0 Å². The molecule has 2 atom stereocenters. The first-order valence-electron chi connectivity index (χ1n) is 4.03. The van der Waals surface area contributed by atoms with Crippen molar-refractivity contribution in [3.63, 3.8) is 0 Å². The molecule has 4 heteroatoms. The van der Waals surface area contributed by atoms with Gasteiger partial charge in [-0.3, -0.25) is 9.59 Å². The largest absolute Gasteiger partial charge is 0.481 e. The number of carboxylic acid groups (broad SMARTS) is 1. The van der Waals surface area contributed by atoms with Crippen LogP contribution in [0.3, 0.4) is 0 Å². The highest BCUT2D eigenvalue weighted by Crippen LogP contribution is 2.27. The van der Waals surface area contributed by atoms with Crippen LogP contribution in [-0.4, -0.2) is 23.7 Å². The zero-order valence-corrected chi connectivity index (χ0v) is 6.95. The Morgan fingerprint density at radius 2 is 2.42 bits per heavy atom. The molecular weight excluding hydrogens is 160 g/mol. The molecule has 0 aliphatic carbocycles. The van der Waals surface area contributed by atoms with Crippen molar-refractivity contribution in [1.29, 1.82) is 0 Å². The minimum Gasteiger partial charge on any atom is -0.481 e. The minimum absolute atomic E-state index is 0.0320. The lowest BCUT2D eigenvalue weighted by Gasteiger charge is -2.09. The van der Waals surface area contributed by atoms with Gasteiger partial charge in [-0.25, -0.2) is 0 Å². The number of carbonyl (C=O) groups excluding carboxylic acids is 1. The Bertz CT molecular complexity index is 199. The van der Waals surface area contributed by atoms with Crippen LogP contribution in [0, 0.1) is 11.8 Å². The van der Waals surface area contributed by atoms with Crippen molar-refractivity contribution < 1.29 is 19.4 Å². The summed E-state index contributed by atoms with van der Waals surface area (Å²) in [6.45, 7) is 2.13. The molecule has 0 unspecified atom stereocenters. The summed E-state index contributed by atoms with van der Waals surface area (Å²) in [6, 6.07) is 0. The SMILES string of the molecule is CC[C@H]1C(=O)OC[C@H]1CC(=O)O. The summed E-state index contributed by atoms with van der Waals surface area (Å²) in [5.74, 6) is -1.44. The van der Waals surface area contributed by atoms with E-state index in [1.165, 1.54) is 0 Å². The maximum absolute atomic E-state index is 11.0. The quantitative estimate of drug-likeness (QED) is 0.635. The molecule has 1 aliphatic heterocycles. The number of esters is 1. The van der Waals surface area contributed by atoms with Crippen LogP contribution in [0.15, 0.2) is 0 Å². The van der Waals surface area contributed by atoms with Crippen molar-refractivity contribution in [2.45, 2.75) is 19.8 Å². The van der Waals surface area contributed by atoms with Crippen LogP contribution in [0.25, 0.3) is 0 Å². The van der Waals surface area contributed by atoms with Gasteiger partial charge in [-0.2, -0.15) is 0 Å². The fourth-order valence-corrected chi connectivity index (χ4v) is 1.53. The van der Waals surface area contributed by atoms with Gasteiger partial charge in [0.15, 0.2) is 0 Å². The van der Waals surface area contributed by atoms with Gasteiger partial charge in [0.2, 0.25) is 0 Å². The number of ether oxygens (including phenoxy) is 1. The summed E-state index contributed by atoms with van der Waals surface area (Å²) < 4.78 is 4.77. The smallest absolute Gasteiger partial charge is 0.309 e. The lowest BCUT2D eigenvalue weighted by Crippen LogP contribution is -2.18. The van der Waals surface area contributed by atoms with Crippen molar-refractivity contribution >= 4 is 11.9 Å². The average Bonchev–Trinajstić information content (AvgIpc) is 2.30. The molecule has 0 aromatic rings. The lowest BCUT2D eigenvalue weighted by molar-refractivity contribution is -0.141. The van der Waals surface area contributed by atoms with E-state index in [-0.39, 0.29) is 30.8 Å². The Kier molecular flexibility index (Phi) is 2.68. The van der Waals surface area contributed by atoms with Crippen LogP contribution in [0.1, 0.15) is 19.8 Å². The molecule has 12 heavy (non-hydrogen) atoms. The van der Waals surface area contributed by atoms with Gasteiger partial charge in [-0.1, -0.05) is 6.92 Å². The first kappa shape index (κ1) is 9.03. The zero-order valence-electron chi connectivity index (χ0n) is 6.95. The van der Waals surface area contributed by atoms with Gasteiger partial charge in [-0.05, 0) is 6.42 Å². The molecule has 1 N–H and O–H groups in total. The van der Waals surface area contributed by atoms with Crippen molar-refractivity contribution in [2.24, 2.45) is 11.8 Å². The van der Waals surface area contributed by atoms with Crippen LogP contribution in [0.2, 0.25) is 0 Å². The highest BCUT2D eigenvalue weighted by molar-refractivity contribution is 5.76. The molecule has 1 aliphatic rings. The van der Waals surface area contributed by atoms with E-state index < -0.39 is 5.97 Å². The molecule has 0 amide bonds. The predicted molar refractivity (Wildman–Crippen MR) is 40.5 cm³/mol. The van der Waals surface area contributed by atoms with Gasteiger partial charge in [0.1, 0.15) is 0 Å². The van der Waals surface area contributed by atoms with E-state index in [1.54, 1.807) is 0 Å². The van der Waals surface area contributed by atoms with Crippen LogP contribution < -0.4 is 0 Å². The van der Waals surface area contributed by atoms with Gasteiger partial charge in [0.05, 0.1) is 18.9 Å². The van der Waals surface area contributed by atoms with Gasteiger partial charge in [0.25, 0.3) is 0 Å². The van der Waals surface area contributed by atoms with Crippen LogP contribution in [-0.2, 0) is 14.3 Å². The van der Waals surface area contributed by atoms with Crippen molar-refractivity contribution in [2.75, 3.05) is 6.61 Å². The molecule has 1 saturated heterocycles. The highest BCUT2D eigenvalue weighted by Gasteiger charge is 2.36. The maximum atomic E-state index is 11.0. The number of aliphatic carboxylic acids is 1. The van der Waals surface area contributed by atoms with Crippen LogP contribution in [0.4, 0.5) is 0 Å². The van der Waals surface area contributed by atoms with E-state index >= 15 is 0 Å². The van der Waals surface area contributed by atoms with E-state index in [1.807, 2.05) is 6.92 Å². The fraction of sp³-hybridized carbons (Fsp3) is 0.750. The molecule has 0 saturated carbocycles. The molecule has 0 bridgehead atoms. The second-order valence-electron chi connectivity index (χ2n) is 3.00. The van der Waals surface area contributed by atoms with Gasteiger partial charge < -0.3 is 9.84 Å². The average molecular weight is 172 g/mol. The predicted octanol–water partition coefficient (Wildman–Crippen LogP) is 0.660. The third kappa shape index (κ3) is 1.75. The van der Waals surface area contributed by atoms with Gasteiger partial charge in [0, 0.05) is 5.92 Å². The normalized spacial score (nSPS) is 28.6. The Balaban J connectivity index is 2.54. The topological polar surface area (TPSA) is 63.6 Å². The van der Waals surface area contributed by atoms with Crippen LogP contribution >= 0.6 is 0 Å². The summed E-state index contributed by atoms with van der Waals surface area (Å²) in [5, 5.41) is 8.51. The van der Waals surface area contributed by atoms with Crippen LogP contribution in [0.5, 0.6) is 0 Å². The minimum atomic E-state index is -0.864. The Labute approximate surface area is 70.5 Å². The number of hydrogen-bond acceptors (Lipinski definition) is 3. The fourth-order valence-electron chi connectivity index (χ4n) is 1.53. The van der Waals surface area contributed by atoms with E-state index in [0.29, 0.717) is 6.42 Å². The third-order valence-corrected chi connectivity index (χ3v) is 2.19. The van der Waals surface area contributed by atoms with Gasteiger partial charge in [-0.15, -0.1) is 0 Å². The molecule has 0 radical (unpaired) electrons. The molecule has 4 nitrogen and oxygen atoms in total. The van der Waals surface area contributed by atoms with E-state index in [2.05, 4.69) is 0 Å². The number of cyclic esters (lactones) is 1. The number of rotatable bonds is 3. The molecular formula is C8H12O4. The zero-order chi connectivity index (χ0) is 9.14. The first-order chi connectivity index (χ1) is 5.65. The summed E-state index contributed by atoms with van der Waals surface area (Å²) in [6.07, 6.45) is 0.695. The van der Waals surface area contributed by atoms with E-state index in [9.17, 15) is 9.59 Å². The van der Waals surface area contributed by atoms with E-state index in [4.69, 9.17) is 9.84 Å². The van der Waals surface area contributed by atoms with Gasteiger partial charge >= 0.3 is 11.9 Å². The molecule has 0 aromatic carbocycles. The van der Waals surface area contributed by atoms with Crippen molar-refractivity contribution in [3.8, 4) is 0 Å². The van der Waals surface area contributed by atoms with Crippen molar-refractivity contribution in [1.82, 2.24) is 0 Å². The Hall–Kier alpha value is -1.06. The third-order valence-electron chi connectivity index (χ3n) is 2.19. The molecule has 68 valence electrons. The molecule has 1 rings (SSSR count). The Morgan fingerprint density at radius 1 is 1.75 bits per heavy atom. The monoisotopic (exact) mass is 172 g/mol. The maximum Gasteiger partial charge on any atom is 0.309 e. The number of hydrogen-bond donors (Lipinski definition) is 1. The molecule has 0 spiro atoms. The standard InChI is InChI=1S/C8H12O4/c1-2-6-5(3-7(9)10)4-12-8(6)11/h5-6H,2-4H2,1H3,(H,9,10)/t5-,6-/m1/s1. The summed E-state index contributed by atoms with van der Waals surface area (Å²) >= 11 is 0. The van der Waals surface area contributed by atoms with E-state index in [0.717, 1.165) is 0 Å². The number of carbonyl (C=O) groups is 2. The lowest BCUT2D eigenvalue weighted by atomic mass is 9.90. The molecule has 0 aromatic heterocycles. The summed E-state index contributed by atoms with van der Waals surface area (Å²) in [4.78, 5) is 21.3. The second-order valence-corrected chi connectivity index (χ2v) is 3.00. The Morgan fingerprint density at radius 3 is 2.92 bits per heavy atom. The molecule has 1 heterocycles. The summed E-state index contributed by atoms with van der Waals surface area (Å²) in [7, 11) is 0. The summed E-state index contributed by atoms with van der Waals surface area (Å²) in [5.41, 5.74) is 0. The highest BCUT2D eigenvalue weighted by atomic mass is 16.5. The second kappa shape index (κ2) is 3.56. The molecule has 1 fully saturated rings. The first-order valence-corrected chi connectivity index (χ1v) is 4.03.